The minimum atomic E-state index is -0.570. The number of nitrogens with zero attached hydrogens (tertiary/aromatic N) is 2. The Morgan fingerprint density at radius 2 is 2.19 bits per heavy atom. The summed E-state index contributed by atoms with van der Waals surface area (Å²) in [7, 11) is 1.57. The third-order valence-corrected chi connectivity index (χ3v) is 4.47. The van der Waals surface area contributed by atoms with Crippen molar-refractivity contribution in [3.63, 3.8) is 0 Å². The molecule has 0 fully saturated rings. The van der Waals surface area contributed by atoms with Gasteiger partial charge in [-0.05, 0) is 25.5 Å². The molecule has 0 aromatic heterocycles. The standard InChI is InChI=1S/C19H23ClN4O2/c1-12(11-20)22-15-7-5-8-16-18(15)13(2)24(14(3)23-16)17(9-6-10-25)19(26)21-4/h5,7-8,10,17,22H,1-2,6,9,11H2,3-4H3,(H,21,26). The molecule has 1 heterocycles. The maximum absolute atomic E-state index is 12.4. The van der Waals surface area contributed by atoms with Gasteiger partial charge in [0.1, 0.15) is 18.2 Å². The molecule has 0 spiro atoms. The van der Waals surface area contributed by atoms with Crippen molar-refractivity contribution in [1.29, 1.82) is 0 Å². The summed E-state index contributed by atoms with van der Waals surface area (Å²) in [5.74, 6) is 0.722. The molecule has 1 aromatic carbocycles. The van der Waals surface area contributed by atoms with E-state index in [1.165, 1.54) is 0 Å². The molecule has 1 aliphatic rings. The van der Waals surface area contributed by atoms with E-state index in [4.69, 9.17) is 11.6 Å². The van der Waals surface area contributed by atoms with Gasteiger partial charge in [-0.2, -0.15) is 0 Å². The maximum Gasteiger partial charge on any atom is 0.242 e. The number of aldehydes is 1. The summed E-state index contributed by atoms with van der Waals surface area (Å²) < 4.78 is 0. The molecule has 0 bridgehead atoms. The number of alkyl halides is 1. The zero-order valence-electron chi connectivity index (χ0n) is 15.0. The van der Waals surface area contributed by atoms with Gasteiger partial charge in [0.25, 0.3) is 0 Å². The van der Waals surface area contributed by atoms with E-state index in [-0.39, 0.29) is 18.2 Å². The van der Waals surface area contributed by atoms with E-state index < -0.39 is 6.04 Å². The summed E-state index contributed by atoms with van der Waals surface area (Å²) in [5, 5.41) is 5.82. The minimum Gasteiger partial charge on any atom is -0.358 e. The molecular weight excluding hydrogens is 352 g/mol. The number of likely N-dealkylation sites (N-methyl/N-ethyl adjacent to an activating group) is 1. The van der Waals surface area contributed by atoms with E-state index in [1.54, 1.807) is 11.9 Å². The van der Waals surface area contributed by atoms with Gasteiger partial charge in [-0.3, -0.25) is 4.79 Å². The number of carbonyl (C=O) groups is 2. The minimum absolute atomic E-state index is 0.193. The van der Waals surface area contributed by atoms with E-state index in [9.17, 15) is 9.59 Å². The fourth-order valence-electron chi connectivity index (χ4n) is 2.99. The number of hydrogen-bond acceptors (Lipinski definition) is 5. The van der Waals surface area contributed by atoms with Crippen molar-refractivity contribution in [1.82, 2.24) is 10.2 Å². The number of fused-ring (bicyclic) bond motifs is 1. The van der Waals surface area contributed by atoms with Crippen molar-refractivity contribution in [2.24, 2.45) is 4.99 Å². The second-order valence-corrected chi connectivity index (χ2v) is 6.18. The molecule has 0 saturated carbocycles. The zero-order valence-corrected chi connectivity index (χ0v) is 15.8. The number of benzene rings is 1. The number of allylic oxidation sites excluding steroid dienone is 1. The maximum atomic E-state index is 12.4. The Balaban J connectivity index is 2.49. The number of anilines is 1. The number of rotatable bonds is 8. The molecule has 0 saturated heterocycles. The number of aliphatic imine (C=N–C) groups is 1. The van der Waals surface area contributed by atoms with Gasteiger partial charge in [0, 0.05) is 36.1 Å². The van der Waals surface area contributed by atoms with E-state index >= 15 is 0 Å². The topological polar surface area (TPSA) is 73.8 Å². The van der Waals surface area contributed by atoms with Crippen LogP contribution in [0.1, 0.15) is 25.3 Å². The van der Waals surface area contributed by atoms with E-state index in [1.807, 2.05) is 25.1 Å². The molecule has 1 atom stereocenters. The van der Waals surface area contributed by atoms with Crippen LogP contribution in [0, 0.1) is 0 Å². The lowest BCUT2D eigenvalue weighted by Gasteiger charge is -2.37. The van der Waals surface area contributed by atoms with Crippen LogP contribution in [0.5, 0.6) is 0 Å². The predicted octanol–water partition coefficient (Wildman–Crippen LogP) is 3.28. The summed E-state index contributed by atoms with van der Waals surface area (Å²) in [4.78, 5) is 29.7. The molecule has 0 radical (unpaired) electrons. The van der Waals surface area contributed by atoms with Crippen LogP contribution in [0.2, 0.25) is 0 Å². The molecule has 26 heavy (non-hydrogen) atoms. The molecule has 1 amide bonds. The molecule has 2 N–H and O–H groups in total. The zero-order chi connectivity index (χ0) is 19.3. The largest absolute Gasteiger partial charge is 0.358 e. The predicted molar refractivity (Wildman–Crippen MR) is 107 cm³/mol. The van der Waals surface area contributed by atoms with Crippen molar-refractivity contribution < 1.29 is 9.59 Å². The van der Waals surface area contributed by atoms with Gasteiger partial charge in [0.05, 0.1) is 11.6 Å². The summed E-state index contributed by atoms with van der Waals surface area (Å²) in [6, 6.07) is 5.08. The summed E-state index contributed by atoms with van der Waals surface area (Å²) in [5.41, 5.74) is 3.59. The third-order valence-electron chi connectivity index (χ3n) is 4.14. The second-order valence-electron chi connectivity index (χ2n) is 5.91. The molecule has 6 nitrogen and oxygen atoms in total. The van der Waals surface area contributed by atoms with Crippen LogP contribution in [-0.4, -0.2) is 41.9 Å². The first kappa shape index (κ1) is 19.7. The lowest BCUT2D eigenvalue weighted by atomic mass is 10.0. The van der Waals surface area contributed by atoms with Crippen LogP contribution in [0.4, 0.5) is 11.4 Å². The van der Waals surface area contributed by atoms with Gasteiger partial charge >= 0.3 is 0 Å². The van der Waals surface area contributed by atoms with Gasteiger partial charge in [0.15, 0.2) is 0 Å². The Morgan fingerprint density at radius 1 is 1.46 bits per heavy atom. The number of halogens is 1. The van der Waals surface area contributed by atoms with Crippen molar-refractivity contribution in [3.8, 4) is 0 Å². The van der Waals surface area contributed by atoms with Crippen molar-refractivity contribution >= 4 is 46.7 Å². The van der Waals surface area contributed by atoms with Gasteiger partial charge < -0.3 is 20.3 Å². The van der Waals surface area contributed by atoms with Crippen LogP contribution in [0.15, 0.2) is 42.0 Å². The molecular formula is C19H23ClN4O2. The van der Waals surface area contributed by atoms with E-state index in [0.29, 0.717) is 23.7 Å². The monoisotopic (exact) mass is 374 g/mol. The quantitative estimate of drug-likeness (QED) is 0.541. The number of hydrogen-bond donors (Lipinski definition) is 2. The average Bonchev–Trinajstić information content (AvgIpc) is 2.63. The lowest BCUT2D eigenvalue weighted by Crippen LogP contribution is -2.47. The first-order valence-electron chi connectivity index (χ1n) is 8.27. The third kappa shape index (κ3) is 3.96. The van der Waals surface area contributed by atoms with Crippen LogP contribution in [0.25, 0.3) is 5.70 Å². The van der Waals surface area contributed by atoms with E-state index in [0.717, 1.165) is 23.2 Å². The first-order chi connectivity index (χ1) is 12.4. The Labute approximate surface area is 158 Å². The molecule has 1 unspecified atom stereocenters. The van der Waals surface area contributed by atoms with Crippen LogP contribution >= 0.6 is 11.6 Å². The van der Waals surface area contributed by atoms with Gasteiger partial charge in [-0.1, -0.05) is 19.2 Å². The highest BCUT2D eigenvalue weighted by Crippen LogP contribution is 2.40. The van der Waals surface area contributed by atoms with Crippen molar-refractivity contribution in [2.45, 2.75) is 25.8 Å². The highest BCUT2D eigenvalue weighted by molar-refractivity contribution is 6.19. The van der Waals surface area contributed by atoms with Crippen LogP contribution < -0.4 is 10.6 Å². The van der Waals surface area contributed by atoms with Crippen molar-refractivity contribution in [2.75, 3.05) is 18.2 Å². The SMILES string of the molecule is C=C(CCl)Nc1cccc2c1C(=C)N(C(CCC=O)C(=O)NC)C(C)=N2. The van der Waals surface area contributed by atoms with Crippen molar-refractivity contribution in [3.05, 3.63) is 42.6 Å². The fraction of sp³-hybridized carbons (Fsp3) is 0.316. The van der Waals surface area contributed by atoms with Crippen LogP contribution in [-0.2, 0) is 9.59 Å². The highest BCUT2D eigenvalue weighted by atomic mass is 35.5. The Hall–Kier alpha value is -2.60. The highest BCUT2D eigenvalue weighted by Gasteiger charge is 2.32. The Bertz CT molecular complexity index is 773. The molecule has 138 valence electrons. The fourth-order valence-corrected chi connectivity index (χ4v) is 3.06. The molecule has 7 heteroatoms. The van der Waals surface area contributed by atoms with Gasteiger partial charge in [-0.15, -0.1) is 11.6 Å². The van der Waals surface area contributed by atoms with Gasteiger partial charge in [0.2, 0.25) is 5.91 Å². The smallest absolute Gasteiger partial charge is 0.242 e. The normalized spacial score (nSPS) is 14.2. The Kier molecular flexibility index (Phi) is 6.58. The molecule has 1 aliphatic heterocycles. The molecule has 2 rings (SSSR count). The first-order valence-corrected chi connectivity index (χ1v) is 8.80. The number of amidine groups is 1. The second kappa shape index (κ2) is 8.67. The Morgan fingerprint density at radius 3 is 2.81 bits per heavy atom. The number of carbonyl (C=O) groups excluding carboxylic acids is 2. The summed E-state index contributed by atoms with van der Waals surface area (Å²) >= 11 is 5.83. The number of nitrogens with one attached hydrogen (secondary N) is 2. The molecule has 0 aliphatic carbocycles. The van der Waals surface area contributed by atoms with E-state index in [2.05, 4.69) is 28.8 Å². The summed E-state index contributed by atoms with van der Waals surface area (Å²) in [6.07, 6.45) is 1.44. The number of amides is 1. The van der Waals surface area contributed by atoms with Crippen LogP contribution in [0.3, 0.4) is 0 Å². The summed E-state index contributed by atoms with van der Waals surface area (Å²) in [6.45, 7) is 9.89. The molecule has 1 aromatic rings. The lowest BCUT2D eigenvalue weighted by molar-refractivity contribution is -0.124. The van der Waals surface area contributed by atoms with Gasteiger partial charge in [-0.25, -0.2) is 4.99 Å². The average molecular weight is 375 g/mol.